The molecule has 5 nitrogen and oxygen atoms in total. The minimum Gasteiger partial charge on any atom is -0.361 e. The Morgan fingerprint density at radius 3 is 2.79 bits per heavy atom. The van der Waals surface area contributed by atoms with Crippen LogP contribution in [0.1, 0.15) is 24.2 Å². The zero-order valence-corrected chi connectivity index (χ0v) is 11.0. The molecule has 0 fully saturated rings. The summed E-state index contributed by atoms with van der Waals surface area (Å²) in [6, 6.07) is 7.44. The van der Waals surface area contributed by atoms with Crippen LogP contribution in [0.25, 0.3) is 10.9 Å². The predicted molar refractivity (Wildman–Crippen MR) is 73.9 cm³/mol. The van der Waals surface area contributed by atoms with E-state index < -0.39 is 0 Å². The molecule has 0 aliphatic carbocycles. The third kappa shape index (κ3) is 3.13. The van der Waals surface area contributed by atoms with E-state index in [1.54, 1.807) is 12.3 Å². The zero-order chi connectivity index (χ0) is 13.8. The lowest BCUT2D eigenvalue weighted by Gasteiger charge is -2.09. The Balaban J connectivity index is 2.04. The van der Waals surface area contributed by atoms with Gasteiger partial charge in [-0.2, -0.15) is 0 Å². The first-order valence-electron chi connectivity index (χ1n) is 6.21. The van der Waals surface area contributed by atoms with Crippen molar-refractivity contribution < 1.29 is 9.59 Å². The van der Waals surface area contributed by atoms with Crippen LogP contribution >= 0.6 is 0 Å². The lowest BCUT2D eigenvalue weighted by atomic mass is 10.1. The minimum atomic E-state index is -0.257. The molecule has 2 amide bonds. The summed E-state index contributed by atoms with van der Waals surface area (Å²) < 4.78 is 0. The fraction of sp³-hybridized carbons (Fsp3) is 0.286. The number of carbonyl (C=O) groups is 2. The number of nitrogens with one attached hydrogen (secondary N) is 3. The smallest absolute Gasteiger partial charge is 0.253 e. The quantitative estimate of drug-likeness (QED) is 0.777. The molecule has 0 bridgehead atoms. The van der Waals surface area contributed by atoms with Crippen LogP contribution in [0.5, 0.6) is 0 Å². The Morgan fingerprint density at radius 1 is 1.26 bits per heavy atom. The molecule has 0 saturated carbocycles. The maximum absolute atomic E-state index is 12.0. The summed E-state index contributed by atoms with van der Waals surface area (Å²) in [4.78, 5) is 26.5. The van der Waals surface area contributed by atoms with Crippen LogP contribution in [0.2, 0.25) is 0 Å². The molecule has 100 valence electrons. The highest BCUT2D eigenvalue weighted by molar-refractivity contribution is 6.06. The summed E-state index contributed by atoms with van der Waals surface area (Å²) in [6.07, 6.45) is 1.78. The summed E-state index contributed by atoms with van der Waals surface area (Å²) in [5.74, 6) is -0.450. The van der Waals surface area contributed by atoms with Crippen molar-refractivity contribution >= 4 is 22.7 Å². The number of aromatic nitrogens is 1. The zero-order valence-electron chi connectivity index (χ0n) is 11.0. The van der Waals surface area contributed by atoms with Crippen molar-refractivity contribution in [2.24, 2.45) is 0 Å². The molecule has 0 atom stereocenters. The first-order chi connectivity index (χ1) is 9.08. The summed E-state index contributed by atoms with van der Waals surface area (Å²) in [6.45, 7) is 3.73. The number of fused-ring (bicyclic) bond motifs is 1. The van der Waals surface area contributed by atoms with Crippen molar-refractivity contribution in [2.45, 2.75) is 19.9 Å². The Morgan fingerprint density at radius 2 is 2.05 bits per heavy atom. The van der Waals surface area contributed by atoms with Gasteiger partial charge in [0.15, 0.2) is 0 Å². The van der Waals surface area contributed by atoms with E-state index in [9.17, 15) is 9.59 Å². The molecule has 2 rings (SSSR count). The molecule has 0 unspecified atom stereocenters. The number of amides is 2. The second-order valence-electron chi connectivity index (χ2n) is 4.65. The van der Waals surface area contributed by atoms with Crippen molar-refractivity contribution in [3.05, 3.63) is 36.0 Å². The van der Waals surface area contributed by atoms with Gasteiger partial charge in [0.1, 0.15) is 0 Å². The van der Waals surface area contributed by atoms with Crippen LogP contribution in [-0.4, -0.2) is 29.4 Å². The van der Waals surface area contributed by atoms with Crippen molar-refractivity contribution in [3.63, 3.8) is 0 Å². The number of benzene rings is 1. The van der Waals surface area contributed by atoms with E-state index >= 15 is 0 Å². The van der Waals surface area contributed by atoms with Crippen LogP contribution in [-0.2, 0) is 4.79 Å². The van der Waals surface area contributed by atoms with Crippen molar-refractivity contribution in [1.82, 2.24) is 15.6 Å². The molecule has 1 aromatic heterocycles. The summed E-state index contributed by atoms with van der Waals surface area (Å²) in [7, 11) is 0. The number of rotatable bonds is 4. The van der Waals surface area contributed by atoms with Crippen molar-refractivity contribution in [2.75, 3.05) is 6.54 Å². The lowest BCUT2D eigenvalue weighted by molar-refractivity contribution is -0.120. The Bertz CT molecular complexity index is 602. The van der Waals surface area contributed by atoms with Gasteiger partial charge in [-0.25, -0.2) is 0 Å². The Labute approximate surface area is 111 Å². The fourth-order valence-electron chi connectivity index (χ4n) is 1.90. The molecular formula is C14H17N3O2. The summed E-state index contributed by atoms with van der Waals surface area (Å²) in [5.41, 5.74) is 1.32. The maximum atomic E-state index is 12.0. The molecule has 0 saturated heterocycles. The SMILES string of the molecule is CC(C)NC(=O)CNC(=O)c1cccc2cc[nH]c12. The largest absolute Gasteiger partial charge is 0.361 e. The molecule has 0 aliphatic rings. The first kappa shape index (κ1) is 13.1. The molecule has 1 aromatic carbocycles. The van der Waals surface area contributed by atoms with E-state index in [4.69, 9.17) is 0 Å². The molecule has 5 heteroatoms. The summed E-state index contributed by atoms with van der Waals surface area (Å²) >= 11 is 0. The van der Waals surface area contributed by atoms with E-state index in [0.29, 0.717) is 5.56 Å². The van der Waals surface area contributed by atoms with Gasteiger partial charge in [0.25, 0.3) is 5.91 Å². The van der Waals surface area contributed by atoms with Gasteiger partial charge in [-0.05, 0) is 26.0 Å². The number of carbonyl (C=O) groups excluding carboxylic acids is 2. The Kier molecular flexibility index (Phi) is 3.85. The standard InChI is InChI=1S/C14H17N3O2/c1-9(2)17-12(18)8-16-14(19)11-5-3-4-10-6-7-15-13(10)11/h3-7,9,15H,8H2,1-2H3,(H,16,19)(H,17,18). The average molecular weight is 259 g/mol. The summed E-state index contributed by atoms with van der Waals surface area (Å²) in [5, 5.41) is 6.31. The third-order valence-electron chi connectivity index (χ3n) is 2.69. The maximum Gasteiger partial charge on any atom is 0.253 e. The van der Waals surface area contributed by atoms with Crippen molar-refractivity contribution in [3.8, 4) is 0 Å². The normalized spacial score (nSPS) is 10.7. The monoisotopic (exact) mass is 259 g/mol. The fourth-order valence-corrected chi connectivity index (χ4v) is 1.90. The topological polar surface area (TPSA) is 74.0 Å². The van der Waals surface area contributed by atoms with Gasteiger partial charge in [0, 0.05) is 17.6 Å². The number of hydrogen-bond acceptors (Lipinski definition) is 2. The van der Waals surface area contributed by atoms with Crippen molar-refractivity contribution in [1.29, 1.82) is 0 Å². The molecule has 0 radical (unpaired) electrons. The molecule has 2 aromatic rings. The molecule has 0 spiro atoms. The molecule has 0 aliphatic heterocycles. The van der Waals surface area contributed by atoms with Crippen LogP contribution in [0.15, 0.2) is 30.5 Å². The van der Waals surface area contributed by atoms with Crippen LogP contribution in [0.3, 0.4) is 0 Å². The van der Waals surface area contributed by atoms with Crippen LogP contribution < -0.4 is 10.6 Å². The lowest BCUT2D eigenvalue weighted by Crippen LogP contribution is -2.39. The van der Waals surface area contributed by atoms with Gasteiger partial charge in [0.05, 0.1) is 17.6 Å². The van der Waals surface area contributed by atoms with Gasteiger partial charge in [-0.1, -0.05) is 12.1 Å². The first-order valence-corrected chi connectivity index (χ1v) is 6.21. The van der Waals surface area contributed by atoms with Crippen LogP contribution in [0.4, 0.5) is 0 Å². The number of aromatic amines is 1. The highest BCUT2D eigenvalue weighted by atomic mass is 16.2. The van der Waals surface area contributed by atoms with E-state index in [2.05, 4.69) is 15.6 Å². The Hall–Kier alpha value is -2.30. The van der Waals surface area contributed by atoms with E-state index in [-0.39, 0.29) is 24.4 Å². The molecule has 1 heterocycles. The van der Waals surface area contributed by atoms with Gasteiger partial charge < -0.3 is 15.6 Å². The van der Waals surface area contributed by atoms with E-state index in [0.717, 1.165) is 10.9 Å². The molecule has 3 N–H and O–H groups in total. The number of para-hydroxylation sites is 1. The molecule has 19 heavy (non-hydrogen) atoms. The molecular weight excluding hydrogens is 242 g/mol. The number of H-pyrrole nitrogens is 1. The number of hydrogen-bond donors (Lipinski definition) is 3. The van der Waals surface area contributed by atoms with Gasteiger partial charge in [0.2, 0.25) is 5.91 Å². The highest BCUT2D eigenvalue weighted by Gasteiger charge is 2.12. The van der Waals surface area contributed by atoms with E-state index in [1.165, 1.54) is 0 Å². The van der Waals surface area contributed by atoms with Gasteiger partial charge in [-0.3, -0.25) is 9.59 Å². The third-order valence-corrected chi connectivity index (χ3v) is 2.69. The van der Waals surface area contributed by atoms with Gasteiger partial charge >= 0.3 is 0 Å². The second-order valence-corrected chi connectivity index (χ2v) is 4.65. The predicted octanol–water partition coefficient (Wildman–Crippen LogP) is 1.42. The van der Waals surface area contributed by atoms with E-state index in [1.807, 2.05) is 32.0 Å². The van der Waals surface area contributed by atoms with Gasteiger partial charge in [-0.15, -0.1) is 0 Å². The highest BCUT2D eigenvalue weighted by Crippen LogP contribution is 2.16. The minimum absolute atomic E-state index is 0.0197. The average Bonchev–Trinajstić information content (AvgIpc) is 2.83. The van der Waals surface area contributed by atoms with Crippen LogP contribution in [0, 0.1) is 0 Å². The second kappa shape index (κ2) is 5.56.